The SMILES string of the molecule is CCOC(=O)CN(C(=O)c1cc(N)n[nH]1)C(C)C. The summed E-state index contributed by atoms with van der Waals surface area (Å²) in [5, 5.41) is 6.21. The minimum absolute atomic E-state index is 0.0940. The van der Waals surface area contributed by atoms with Crippen molar-refractivity contribution in [3.63, 3.8) is 0 Å². The van der Waals surface area contributed by atoms with Gasteiger partial charge in [0.1, 0.15) is 18.1 Å². The molecule has 18 heavy (non-hydrogen) atoms. The molecule has 1 heterocycles. The molecule has 0 spiro atoms. The van der Waals surface area contributed by atoms with Crippen LogP contribution >= 0.6 is 0 Å². The van der Waals surface area contributed by atoms with Gasteiger partial charge in [-0.25, -0.2) is 0 Å². The van der Waals surface area contributed by atoms with Gasteiger partial charge in [0.25, 0.3) is 5.91 Å². The lowest BCUT2D eigenvalue weighted by Gasteiger charge is -2.24. The second-order valence-electron chi connectivity index (χ2n) is 4.04. The first-order valence-electron chi connectivity index (χ1n) is 5.73. The van der Waals surface area contributed by atoms with Crippen LogP contribution in [0.3, 0.4) is 0 Å². The Morgan fingerprint density at radius 1 is 1.56 bits per heavy atom. The highest BCUT2D eigenvalue weighted by Crippen LogP contribution is 2.08. The van der Waals surface area contributed by atoms with E-state index in [-0.39, 0.29) is 36.6 Å². The van der Waals surface area contributed by atoms with E-state index in [1.807, 2.05) is 13.8 Å². The van der Waals surface area contributed by atoms with Gasteiger partial charge in [-0.2, -0.15) is 5.10 Å². The minimum Gasteiger partial charge on any atom is -0.465 e. The summed E-state index contributed by atoms with van der Waals surface area (Å²) in [6.45, 7) is 5.54. The molecule has 0 unspecified atom stereocenters. The van der Waals surface area contributed by atoms with Crippen LogP contribution in [-0.4, -0.2) is 46.2 Å². The predicted molar refractivity (Wildman–Crippen MR) is 65.8 cm³/mol. The minimum atomic E-state index is -0.438. The van der Waals surface area contributed by atoms with Gasteiger partial charge in [0.05, 0.1) is 6.61 Å². The number of amides is 1. The van der Waals surface area contributed by atoms with Crippen LogP contribution in [0.25, 0.3) is 0 Å². The number of nitrogens with two attached hydrogens (primary N) is 1. The summed E-state index contributed by atoms with van der Waals surface area (Å²) in [5.41, 5.74) is 5.69. The molecule has 7 heteroatoms. The number of nitrogens with one attached hydrogen (secondary N) is 1. The molecule has 0 saturated carbocycles. The molecule has 0 aromatic carbocycles. The first kappa shape index (κ1) is 14.0. The molecule has 100 valence electrons. The molecule has 1 aromatic heterocycles. The van der Waals surface area contributed by atoms with E-state index >= 15 is 0 Å². The zero-order valence-corrected chi connectivity index (χ0v) is 10.8. The molecule has 0 fully saturated rings. The standard InChI is InChI=1S/C11H18N4O3/c1-4-18-10(16)6-15(7(2)3)11(17)8-5-9(12)14-13-8/h5,7H,4,6H2,1-3H3,(H3,12,13,14). The fourth-order valence-corrected chi connectivity index (χ4v) is 1.44. The Hall–Kier alpha value is -2.05. The van der Waals surface area contributed by atoms with Crippen molar-refractivity contribution in [3.05, 3.63) is 11.8 Å². The van der Waals surface area contributed by atoms with Gasteiger partial charge in [-0.05, 0) is 20.8 Å². The Balaban J connectivity index is 2.79. The smallest absolute Gasteiger partial charge is 0.325 e. The molecule has 0 radical (unpaired) electrons. The van der Waals surface area contributed by atoms with Gasteiger partial charge >= 0.3 is 5.97 Å². The Morgan fingerprint density at radius 2 is 2.22 bits per heavy atom. The van der Waals surface area contributed by atoms with Crippen molar-refractivity contribution in [1.82, 2.24) is 15.1 Å². The predicted octanol–water partition coefficient (Wildman–Crippen LogP) is 0.406. The summed E-state index contributed by atoms with van der Waals surface area (Å²) in [6, 6.07) is 1.30. The molecule has 1 aromatic rings. The zero-order valence-electron chi connectivity index (χ0n) is 10.8. The van der Waals surface area contributed by atoms with Crippen molar-refractivity contribution in [3.8, 4) is 0 Å². The van der Waals surface area contributed by atoms with Gasteiger partial charge in [-0.15, -0.1) is 0 Å². The number of hydrogen-bond donors (Lipinski definition) is 2. The van der Waals surface area contributed by atoms with Crippen molar-refractivity contribution in [1.29, 1.82) is 0 Å². The molecule has 3 N–H and O–H groups in total. The monoisotopic (exact) mass is 254 g/mol. The largest absolute Gasteiger partial charge is 0.465 e. The highest BCUT2D eigenvalue weighted by Gasteiger charge is 2.23. The van der Waals surface area contributed by atoms with Gasteiger partial charge in [-0.3, -0.25) is 14.7 Å². The fourth-order valence-electron chi connectivity index (χ4n) is 1.44. The fraction of sp³-hybridized carbons (Fsp3) is 0.545. The molecule has 0 aliphatic rings. The number of hydrogen-bond acceptors (Lipinski definition) is 5. The molecule has 0 aliphatic carbocycles. The molecular weight excluding hydrogens is 236 g/mol. The van der Waals surface area contributed by atoms with Crippen LogP contribution in [0.4, 0.5) is 5.82 Å². The molecule has 7 nitrogen and oxygen atoms in total. The zero-order chi connectivity index (χ0) is 13.7. The van der Waals surface area contributed by atoms with E-state index in [0.29, 0.717) is 0 Å². The number of aromatic amines is 1. The van der Waals surface area contributed by atoms with Gasteiger partial charge < -0.3 is 15.4 Å². The van der Waals surface area contributed by atoms with Crippen molar-refractivity contribution in [2.45, 2.75) is 26.8 Å². The first-order valence-corrected chi connectivity index (χ1v) is 5.73. The van der Waals surface area contributed by atoms with Gasteiger partial charge in [0, 0.05) is 12.1 Å². The highest BCUT2D eigenvalue weighted by molar-refractivity contribution is 5.95. The Kier molecular flexibility index (Phi) is 4.70. The van der Waals surface area contributed by atoms with Crippen molar-refractivity contribution in [2.75, 3.05) is 18.9 Å². The van der Waals surface area contributed by atoms with E-state index in [0.717, 1.165) is 0 Å². The number of carbonyl (C=O) groups is 2. The van der Waals surface area contributed by atoms with Crippen LogP contribution in [0.5, 0.6) is 0 Å². The van der Waals surface area contributed by atoms with Crippen molar-refractivity contribution in [2.24, 2.45) is 0 Å². The summed E-state index contributed by atoms with van der Waals surface area (Å²) >= 11 is 0. The number of carbonyl (C=O) groups excluding carboxylic acids is 2. The Morgan fingerprint density at radius 3 is 2.67 bits per heavy atom. The molecular formula is C11H18N4O3. The summed E-state index contributed by atoms with van der Waals surface area (Å²) in [6.07, 6.45) is 0. The van der Waals surface area contributed by atoms with Crippen LogP contribution in [0.15, 0.2) is 6.07 Å². The Labute approximate surface area is 105 Å². The van der Waals surface area contributed by atoms with Gasteiger partial charge in [0.15, 0.2) is 0 Å². The number of H-pyrrole nitrogens is 1. The Bertz CT molecular complexity index is 428. The number of anilines is 1. The third kappa shape index (κ3) is 3.47. The lowest BCUT2D eigenvalue weighted by molar-refractivity contribution is -0.144. The number of rotatable bonds is 5. The summed E-state index contributed by atoms with van der Waals surface area (Å²) < 4.78 is 4.83. The van der Waals surface area contributed by atoms with Gasteiger partial charge in [0.2, 0.25) is 0 Å². The number of ether oxygens (including phenoxy) is 1. The molecule has 0 bridgehead atoms. The van der Waals surface area contributed by atoms with Crippen LogP contribution in [0, 0.1) is 0 Å². The second kappa shape index (κ2) is 6.04. The summed E-state index contributed by atoms with van der Waals surface area (Å²) in [7, 11) is 0. The maximum absolute atomic E-state index is 12.1. The molecule has 1 rings (SSSR count). The lowest BCUT2D eigenvalue weighted by atomic mass is 10.2. The van der Waals surface area contributed by atoms with E-state index < -0.39 is 5.97 Å². The molecule has 0 aliphatic heterocycles. The number of nitrogen functional groups attached to an aromatic ring is 1. The van der Waals surface area contributed by atoms with Crippen molar-refractivity contribution >= 4 is 17.7 Å². The van der Waals surface area contributed by atoms with Gasteiger partial charge in [-0.1, -0.05) is 0 Å². The number of nitrogens with zero attached hydrogens (tertiary/aromatic N) is 2. The number of esters is 1. The maximum atomic E-state index is 12.1. The molecule has 0 atom stereocenters. The van der Waals surface area contributed by atoms with Crippen LogP contribution in [-0.2, 0) is 9.53 Å². The number of aromatic nitrogens is 2. The lowest BCUT2D eigenvalue weighted by Crippen LogP contribution is -2.41. The topological polar surface area (TPSA) is 101 Å². The quantitative estimate of drug-likeness (QED) is 0.741. The highest BCUT2D eigenvalue weighted by atomic mass is 16.5. The van der Waals surface area contributed by atoms with E-state index in [9.17, 15) is 9.59 Å². The van der Waals surface area contributed by atoms with Crippen LogP contribution in [0.1, 0.15) is 31.3 Å². The summed E-state index contributed by atoms with van der Waals surface area (Å²) in [4.78, 5) is 25.0. The second-order valence-corrected chi connectivity index (χ2v) is 4.04. The van der Waals surface area contributed by atoms with Crippen molar-refractivity contribution < 1.29 is 14.3 Å². The third-order valence-electron chi connectivity index (χ3n) is 2.32. The van der Waals surface area contributed by atoms with E-state index in [1.54, 1.807) is 6.92 Å². The first-order chi connectivity index (χ1) is 8.45. The van der Waals surface area contributed by atoms with E-state index in [4.69, 9.17) is 10.5 Å². The average molecular weight is 254 g/mol. The van der Waals surface area contributed by atoms with E-state index in [1.165, 1.54) is 11.0 Å². The average Bonchev–Trinajstić information content (AvgIpc) is 2.72. The van der Waals surface area contributed by atoms with E-state index in [2.05, 4.69) is 10.2 Å². The normalized spacial score (nSPS) is 10.4. The summed E-state index contributed by atoms with van der Waals surface area (Å²) in [5.74, 6) is -0.535. The molecule has 1 amide bonds. The van der Waals surface area contributed by atoms with Crippen LogP contribution in [0.2, 0.25) is 0 Å². The van der Waals surface area contributed by atoms with Crippen LogP contribution < -0.4 is 5.73 Å². The maximum Gasteiger partial charge on any atom is 0.325 e. The molecule has 0 saturated heterocycles. The third-order valence-corrected chi connectivity index (χ3v) is 2.32.